The molecule has 0 atom stereocenters. The maximum Gasteiger partial charge on any atom is 0.410 e. The van der Waals surface area contributed by atoms with E-state index in [1.807, 2.05) is 31.7 Å². The predicted octanol–water partition coefficient (Wildman–Crippen LogP) is 2.90. The lowest BCUT2D eigenvalue weighted by Crippen LogP contribution is -2.47. The molecule has 1 aromatic rings. The van der Waals surface area contributed by atoms with Gasteiger partial charge in [0.25, 0.3) is 0 Å². The molecule has 2 saturated heterocycles. The Bertz CT molecular complexity index is 586. The van der Waals surface area contributed by atoms with Crippen molar-refractivity contribution in [1.82, 2.24) is 9.27 Å². The van der Waals surface area contributed by atoms with E-state index in [0.29, 0.717) is 25.9 Å². The average molecular weight is 337 g/mol. The van der Waals surface area contributed by atoms with Crippen LogP contribution in [0.2, 0.25) is 0 Å². The number of carbonyl (C=O) groups excluding carboxylic acids is 2. The number of ether oxygens (including phenoxy) is 1. The minimum absolute atomic E-state index is 0.186. The van der Waals surface area contributed by atoms with Gasteiger partial charge in [-0.05, 0) is 57.6 Å². The molecule has 2 aliphatic heterocycles. The molecule has 0 aromatic carbocycles. The quantitative estimate of drug-likeness (QED) is 0.790. The summed E-state index contributed by atoms with van der Waals surface area (Å²) in [6, 6.07) is 1.89. The molecule has 1 spiro atoms. The van der Waals surface area contributed by atoms with E-state index >= 15 is 0 Å². The Morgan fingerprint density at radius 1 is 1.26 bits per heavy atom. The van der Waals surface area contributed by atoms with Crippen LogP contribution in [0.15, 0.2) is 12.3 Å². The summed E-state index contributed by atoms with van der Waals surface area (Å²) >= 11 is 1.35. The zero-order valence-corrected chi connectivity index (χ0v) is 14.7. The molecule has 0 aliphatic carbocycles. The Labute approximate surface area is 140 Å². The van der Waals surface area contributed by atoms with Crippen molar-refractivity contribution in [2.75, 3.05) is 24.5 Å². The Hall–Kier alpha value is -1.63. The molecule has 0 saturated carbocycles. The molecule has 23 heavy (non-hydrogen) atoms. The van der Waals surface area contributed by atoms with Gasteiger partial charge in [0.15, 0.2) is 0 Å². The minimum Gasteiger partial charge on any atom is -0.444 e. The van der Waals surface area contributed by atoms with E-state index in [4.69, 9.17) is 4.74 Å². The van der Waals surface area contributed by atoms with Crippen molar-refractivity contribution in [3.05, 3.63) is 12.3 Å². The predicted molar refractivity (Wildman–Crippen MR) is 88.6 cm³/mol. The summed E-state index contributed by atoms with van der Waals surface area (Å²) in [5.74, 6) is 0.186. The second kappa shape index (κ2) is 5.78. The first kappa shape index (κ1) is 16.2. The summed E-state index contributed by atoms with van der Waals surface area (Å²) in [7, 11) is 0. The standard InChI is InChI=1S/C16H23N3O3S/c1-15(2,3)22-14(21)18-9-5-16(6-10-18)7-11-19(13(16)20)12-4-8-17-23-12/h4,8H,5-7,9-11H2,1-3H3. The lowest BCUT2D eigenvalue weighted by atomic mass is 9.77. The summed E-state index contributed by atoms with van der Waals surface area (Å²) in [6.07, 6.45) is 3.72. The maximum absolute atomic E-state index is 12.9. The Balaban J connectivity index is 1.63. The van der Waals surface area contributed by atoms with E-state index in [1.54, 1.807) is 11.1 Å². The van der Waals surface area contributed by atoms with Crippen molar-refractivity contribution in [2.24, 2.45) is 5.41 Å². The van der Waals surface area contributed by atoms with Gasteiger partial charge in [-0.2, -0.15) is 4.37 Å². The second-order valence-corrected chi connectivity index (χ2v) is 8.12. The number of hydrogen-bond donors (Lipinski definition) is 0. The van der Waals surface area contributed by atoms with E-state index in [0.717, 1.165) is 18.0 Å². The summed E-state index contributed by atoms with van der Waals surface area (Å²) < 4.78 is 9.50. The second-order valence-electron chi connectivity index (χ2n) is 7.31. The molecule has 0 radical (unpaired) electrons. The van der Waals surface area contributed by atoms with Crippen molar-refractivity contribution in [2.45, 2.75) is 45.6 Å². The molecule has 0 N–H and O–H groups in total. The molecule has 0 bridgehead atoms. The molecule has 0 unspecified atom stereocenters. The van der Waals surface area contributed by atoms with E-state index in [9.17, 15) is 9.59 Å². The monoisotopic (exact) mass is 337 g/mol. The van der Waals surface area contributed by atoms with Crippen LogP contribution in [0, 0.1) is 5.41 Å². The Morgan fingerprint density at radius 2 is 1.91 bits per heavy atom. The number of carbonyl (C=O) groups is 2. The van der Waals surface area contributed by atoms with Gasteiger partial charge in [-0.1, -0.05) is 0 Å². The van der Waals surface area contributed by atoms with Crippen molar-refractivity contribution in [3.8, 4) is 0 Å². The fourth-order valence-corrected chi connectivity index (χ4v) is 3.91. The van der Waals surface area contributed by atoms with Gasteiger partial charge < -0.3 is 14.5 Å². The first-order valence-corrected chi connectivity index (χ1v) is 8.79. The third-order valence-corrected chi connectivity index (χ3v) is 5.35. The van der Waals surface area contributed by atoms with E-state index in [2.05, 4.69) is 4.37 Å². The highest BCUT2D eigenvalue weighted by Gasteiger charge is 2.49. The van der Waals surface area contributed by atoms with Crippen molar-refractivity contribution in [1.29, 1.82) is 0 Å². The van der Waals surface area contributed by atoms with Crippen LogP contribution >= 0.6 is 11.5 Å². The van der Waals surface area contributed by atoms with Gasteiger partial charge in [0.1, 0.15) is 10.6 Å². The zero-order chi connectivity index (χ0) is 16.7. The van der Waals surface area contributed by atoms with Crippen LogP contribution in [0.5, 0.6) is 0 Å². The summed E-state index contributed by atoms with van der Waals surface area (Å²) in [5, 5.41) is 0.918. The van der Waals surface area contributed by atoms with Crippen LogP contribution < -0.4 is 4.90 Å². The number of rotatable bonds is 1. The maximum atomic E-state index is 12.9. The molecule has 2 fully saturated rings. The lowest BCUT2D eigenvalue weighted by Gasteiger charge is -2.38. The molecule has 7 heteroatoms. The number of anilines is 1. The van der Waals surface area contributed by atoms with E-state index in [-0.39, 0.29) is 17.4 Å². The topological polar surface area (TPSA) is 62.7 Å². The molecular weight excluding hydrogens is 314 g/mol. The summed E-state index contributed by atoms with van der Waals surface area (Å²) in [6.45, 7) is 7.50. The number of nitrogens with zero attached hydrogens (tertiary/aromatic N) is 3. The number of aromatic nitrogens is 1. The number of likely N-dealkylation sites (tertiary alicyclic amines) is 1. The highest BCUT2D eigenvalue weighted by molar-refractivity contribution is 7.10. The molecule has 1 aromatic heterocycles. The van der Waals surface area contributed by atoms with Crippen LogP contribution in [0.25, 0.3) is 0 Å². The van der Waals surface area contributed by atoms with Gasteiger partial charge in [0.05, 0.1) is 5.41 Å². The van der Waals surface area contributed by atoms with Crippen LogP contribution in [0.1, 0.15) is 40.0 Å². The SMILES string of the molecule is CC(C)(C)OC(=O)N1CCC2(CC1)CCN(c1ccns1)C2=O. The van der Waals surface area contributed by atoms with Crippen LogP contribution in [-0.2, 0) is 9.53 Å². The average Bonchev–Trinajstić information content (AvgIpc) is 3.08. The third-order valence-electron chi connectivity index (χ3n) is 4.58. The normalized spacial score (nSPS) is 21.1. The minimum atomic E-state index is -0.488. The summed E-state index contributed by atoms with van der Waals surface area (Å²) in [4.78, 5) is 28.6. The first-order chi connectivity index (χ1) is 10.8. The number of piperidine rings is 1. The third kappa shape index (κ3) is 3.20. The molecule has 3 heterocycles. The van der Waals surface area contributed by atoms with Crippen LogP contribution in [-0.4, -0.2) is 46.5 Å². The van der Waals surface area contributed by atoms with Crippen LogP contribution in [0.3, 0.4) is 0 Å². The van der Waals surface area contributed by atoms with Gasteiger partial charge in [-0.3, -0.25) is 4.79 Å². The largest absolute Gasteiger partial charge is 0.444 e. The Kier molecular flexibility index (Phi) is 4.08. The molecule has 6 nitrogen and oxygen atoms in total. The number of amides is 2. The van der Waals surface area contributed by atoms with E-state index < -0.39 is 5.60 Å². The van der Waals surface area contributed by atoms with Gasteiger partial charge >= 0.3 is 6.09 Å². The first-order valence-electron chi connectivity index (χ1n) is 8.01. The smallest absolute Gasteiger partial charge is 0.410 e. The molecule has 2 aliphatic rings. The van der Waals surface area contributed by atoms with Gasteiger partial charge in [0.2, 0.25) is 5.91 Å². The Morgan fingerprint density at radius 3 is 2.48 bits per heavy atom. The van der Waals surface area contributed by atoms with Crippen molar-refractivity contribution >= 4 is 28.5 Å². The van der Waals surface area contributed by atoms with E-state index in [1.165, 1.54) is 11.5 Å². The highest BCUT2D eigenvalue weighted by atomic mass is 32.1. The molecule has 3 rings (SSSR count). The van der Waals surface area contributed by atoms with Gasteiger partial charge in [-0.25, -0.2) is 4.79 Å². The van der Waals surface area contributed by atoms with Crippen molar-refractivity contribution in [3.63, 3.8) is 0 Å². The van der Waals surface area contributed by atoms with Crippen molar-refractivity contribution < 1.29 is 14.3 Å². The van der Waals surface area contributed by atoms with Gasteiger partial charge in [-0.15, -0.1) is 0 Å². The zero-order valence-electron chi connectivity index (χ0n) is 13.9. The fraction of sp³-hybridized carbons (Fsp3) is 0.688. The molecule has 2 amide bonds. The fourth-order valence-electron chi connectivity index (χ4n) is 3.29. The lowest BCUT2D eigenvalue weighted by molar-refractivity contribution is -0.128. The van der Waals surface area contributed by atoms with Crippen LogP contribution in [0.4, 0.5) is 9.80 Å². The molecular formula is C16H23N3O3S. The molecule has 126 valence electrons. The summed E-state index contributed by atoms with van der Waals surface area (Å²) in [5.41, 5.74) is -0.805. The van der Waals surface area contributed by atoms with Gasteiger partial charge in [0, 0.05) is 25.8 Å². The highest BCUT2D eigenvalue weighted by Crippen LogP contribution is 2.43. The number of hydrogen-bond acceptors (Lipinski definition) is 5.